The molecular formula is C24H19F3N2O3S. The van der Waals surface area contributed by atoms with E-state index >= 15 is 0 Å². The van der Waals surface area contributed by atoms with Gasteiger partial charge in [-0.25, -0.2) is 8.42 Å². The minimum Gasteiger partial charge on any atom is -0.308 e. The minimum atomic E-state index is -4.58. The maximum atomic E-state index is 12.9. The van der Waals surface area contributed by atoms with Crippen molar-refractivity contribution in [3.8, 4) is 0 Å². The maximum absolute atomic E-state index is 12.9. The smallest absolute Gasteiger partial charge is 0.308 e. The number of nitrogens with one attached hydrogen (secondary N) is 1. The summed E-state index contributed by atoms with van der Waals surface area (Å²) in [6.07, 6.45) is -0.780. The van der Waals surface area contributed by atoms with Gasteiger partial charge in [0.15, 0.2) is 0 Å². The summed E-state index contributed by atoms with van der Waals surface area (Å²) >= 11 is 0. The molecule has 1 N–H and O–H groups in total. The van der Waals surface area contributed by atoms with Crippen molar-refractivity contribution in [1.29, 1.82) is 0 Å². The third-order valence-corrected chi connectivity index (χ3v) is 6.60. The van der Waals surface area contributed by atoms with E-state index in [4.69, 9.17) is 0 Å². The molecule has 0 radical (unpaired) electrons. The van der Waals surface area contributed by atoms with E-state index in [1.54, 1.807) is 11.0 Å². The zero-order valence-electron chi connectivity index (χ0n) is 17.2. The molecule has 0 saturated carbocycles. The van der Waals surface area contributed by atoms with Crippen molar-refractivity contribution in [2.24, 2.45) is 0 Å². The number of anilines is 2. The summed E-state index contributed by atoms with van der Waals surface area (Å²) in [6, 6.07) is 17.3. The van der Waals surface area contributed by atoms with E-state index in [0.717, 1.165) is 35.9 Å². The number of benzene rings is 3. The highest BCUT2D eigenvalue weighted by molar-refractivity contribution is 7.92. The molecule has 0 unspecified atom stereocenters. The van der Waals surface area contributed by atoms with Crippen LogP contribution in [0.5, 0.6) is 0 Å². The Bertz CT molecular complexity index is 1320. The number of rotatable bonds is 5. The second kappa shape index (κ2) is 8.74. The van der Waals surface area contributed by atoms with Gasteiger partial charge in [0, 0.05) is 24.0 Å². The average Bonchev–Trinajstić information content (AvgIpc) is 3.21. The number of carbonyl (C=O) groups is 1. The van der Waals surface area contributed by atoms with Crippen LogP contribution in [-0.4, -0.2) is 20.9 Å². The fourth-order valence-electron chi connectivity index (χ4n) is 3.56. The number of halogens is 3. The molecule has 1 amide bonds. The van der Waals surface area contributed by atoms with E-state index in [1.165, 1.54) is 36.4 Å². The van der Waals surface area contributed by atoms with Crippen LogP contribution in [0.3, 0.4) is 0 Å². The van der Waals surface area contributed by atoms with Gasteiger partial charge in [-0.2, -0.15) is 13.2 Å². The molecule has 4 rings (SSSR count). The largest absolute Gasteiger partial charge is 0.416 e. The molecule has 9 heteroatoms. The van der Waals surface area contributed by atoms with Gasteiger partial charge in [-0.1, -0.05) is 36.4 Å². The topological polar surface area (TPSA) is 66.5 Å². The van der Waals surface area contributed by atoms with E-state index in [-0.39, 0.29) is 16.5 Å². The van der Waals surface area contributed by atoms with Crippen molar-refractivity contribution < 1.29 is 26.4 Å². The van der Waals surface area contributed by atoms with Gasteiger partial charge in [0.05, 0.1) is 10.5 Å². The second-order valence-electron chi connectivity index (χ2n) is 7.46. The molecule has 3 aromatic carbocycles. The molecule has 0 spiro atoms. The van der Waals surface area contributed by atoms with E-state index in [0.29, 0.717) is 12.1 Å². The highest BCUT2D eigenvalue weighted by Crippen LogP contribution is 2.31. The van der Waals surface area contributed by atoms with Crippen LogP contribution in [0.15, 0.2) is 83.8 Å². The first-order valence-corrected chi connectivity index (χ1v) is 11.5. The van der Waals surface area contributed by atoms with Gasteiger partial charge in [-0.15, -0.1) is 0 Å². The number of hydrogen-bond acceptors (Lipinski definition) is 3. The van der Waals surface area contributed by atoms with Crippen molar-refractivity contribution in [2.75, 3.05) is 16.2 Å². The lowest BCUT2D eigenvalue weighted by Gasteiger charge is -2.14. The van der Waals surface area contributed by atoms with Crippen LogP contribution in [-0.2, 0) is 27.4 Å². The summed E-state index contributed by atoms with van der Waals surface area (Å²) < 4.78 is 65.9. The van der Waals surface area contributed by atoms with E-state index in [9.17, 15) is 26.4 Å². The Balaban J connectivity index is 1.45. The van der Waals surface area contributed by atoms with Crippen molar-refractivity contribution >= 4 is 33.4 Å². The fourth-order valence-corrected chi connectivity index (χ4v) is 4.61. The summed E-state index contributed by atoms with van der Waals surface area (Å²) in [5.74, 6) is -0.178. The van der Waals surface area contributed by atoms with Crippen molar-refractivity contribution in [1.82, 2.24) is 0 Å². The zero-order valence-corrected chi connectivity index (χ0v) is 18.0. The summed E-state index contributed by atoms with van der Waals surface area (Å²) in [5, 5.41) is 0. The molecule has 1 heterocycles. The lowest BCUT2D eigenvalue weighted by Crippen LogP contribution is -2.26. The number of sulfonamides is 1. The molecule has 0 aromatic heterocycles. The lowest BCUT2D eigenvalue weighted by molar-refractivity contribution is -0.137. The molecule has 33 heavy (non-hydrogen) atoms. The second-order valence-corrected chi connectivity index (χ2v) is 9.14. The number of fused-ring (bicyclic) bond motifs is 1. The Hall–Kier alpha value is -3.59. The van der Waals surface area contributed by atoms with Gasteiger partial charge in [0.2, 0.25) is 0 Å². The van der Waals surface area contributed by atoms with Gasteiger partial charge in [-0.05, 0) is 60.0 Å². The molecule has 0 saturated heterocycles. The van der Waals surface area contributed by atoms with Crippen molar-refractivity contribution in [2.45, 2.75) is 17.5 Å². The quantitative estimate of drug-likeness (QED) is 0.525. The molecule has 0 bridgehead atoms. The third-order valence-electron chi connectivity index (χ3n) is 5.20. The Kier molecular flexibility index (Phi) is 5.99. The minimum absolute atomic E-state index is 0.114. The molecule has 1 aliphatic rings. The number of hydrogen-bond donors (Lipinski definition) is 1. The first-order chi connectivity index (χ1) is 15.6. The first-order valence-electron chi connectivity index (χ1n) is 10.0. The number of para-hydroxylation sites is 1. The van der Waals surface area contributed by atoms with Crippen LogP contribution in [0.1, 0.15) is 16.7 Å². The zero-order chi connectivity index (χ0) is 23.6. The summed E-state index contributed by atoms with van der Waals surface area (Å²) in [6.45, 7) is 0.598. The number of carbonyl (C=O) groups excluding carboxylic acids is 1. The predicted molar refractivity (Wildman–Crippen MR) is 120 cm³/mol. The van der Waals surface area contributed by atoms with E-state index in [2.05, 4.69) is 4.72 Å². The van der Waals surface area contributed by atoms with Crippen LogP contribution in [0, 0.1) is 0 Å². The first kappa shape index (κ1) is 22.6. The fraction of sp³-hybridized carbons (Fsp3) is 0.125. The standard InChI is InChI=1S/C24H19F3N2O3S/c25-24(26,27)19-5-3-6-20(16-19)28-33(31,32)21-11-8-17(9-12-21)10-13-23(30)29-15-14-18-4-1-2-7-22(18)29/h1-13,16,28H,14-15H2. The molecule has 0 aliphatic carbocycles. The van der Waals surface area contributed by atoms with Crippen LogP contribution < -0.4 is 9.62 Å². The average molecular weight is 472 g/mol. The van der Waals surface area contributed by atoms with E-state index in [1.807, 2.05) is 24.3 Å². The Morgan fingerprint density at radius 2 is 1.70 bits per heavy atom. The predicted octanol–water partition coefficient (Wildman–Crippen LogP) is 5.11. The Labute approximate surface area is 189 Å². The van der Waals surface area contributed by atoms with Gasteiger partial charge in [0.25, 0.3) is 15.9 Å². The number of alkyl halides is 3. The molecule has 3 aromatic rings. The molecule has 1 aliphatic heterocycles. The summed E-state index contributed by atoms with van der Waals surface area (Å²) in [7, 11) is -4.09. The van der Waals surface area contributed by atoms with E-state index < -0.39 is 21.8 Å². The molecular weight excluding hydrogens is 453 g/mol. The van der Waals surface area contributed by atoms with Crippen LogP contribution in [0.4, 0.5) is 24.5 Å². The lowest BCUT2D eigenvalue weighted by atomic mass is 10.2. The Morgan fingerprint density at radius 1 is 0.970 bits per heavy atom. The highest BCUT2D eigenvalue weighted by Gasteiger charge is 2.30. The van der Waals surface area contributed by atoms with Crippen molar-refractivity contribution in [3.63, 3.8) is 0 Å². The molecule has 170 valence electrons. The van der Waals surface area contributed by atoms with Gasteiger partial charge >= 0.3 is 6.18 Å². The molecule has 5 nitrogen and oxygen atoms in total. The van der Waals surface area contributed by atoms with Crippen LogP contribution >= 0.6 is 0 Å². The molecule has 0 atom stereocenters. The molecule has 0 fully saturated rings. The number of nitrogens with zero attached hydrogens (tertiary/aromatic N) is 1. The van der Waals surface area contributed by atoms with Crippen LogP contribution in [0.2, 0.25) is 0 Å². The van der Waals surface area contributed by atoms with Crippen molar-refractivity contribution in [3.05, 3.63) is 95.6 Å². The highest BCUT2D eigenvalue weighted by atomic mass is 32.2. The third kappa shape index (κ3) is 5.09. The van der Waals surface area contributed by atoms with Gasteiger partial charge < -0.3 is 4.90 Å². The maximum Gasteiger partial charge on any atom is 0.416 e. The SMILES string of the molecule is O=C(C=Cc1ccc(S(=O)(=O)Nc2cccc(C(F)(F)F)c2)cc1)N1CCc2ccccc21. The normalized spacial score (nSPS) is 13.8. The van der Waals surface area contributed by atoms with Gasteiger partial charge in [-0.3, -0.25) is 9.52 Å². The Morgan fingerprint density at radius 3 is 2.42 bits per heavy atom. The monoisotopic (exact) mass is 472 g/mol. The summed E-state index contributed by atoms with van der Waals surface area (Å²) in [5.41, 5.74) is 1.46. The number of amides is 1. The van der Waals surface area contributed by atoms with Crippen LogP contribution in [0.25, 0.3) is 6.08 Å². The summed E-state index contributed by atoms with van der Waals surface area (Å²) in [4.78, 5) is 14.1. The van der Waals surface area contributed by atoms with Gasteiger partial charge in [0.1, 0.15) is 0 Å².